The Hall–Kier alpha value is -2.04. The molecule has 0 unspecified atom stereocenters. The average Bonchev–Trinajstić information content (AvgIpc) is 2.63. The number of anilines is 2. The van der Waals surface area contributed by atoms with E-state index in [4.69, 9.17) is 11.6 Å². The van der Waals surface area contributed by atoms with Crippen LogP contribution in [0.3, 0.4) is 0 Å². The van der Waals surface area contributed by atoms with Gasteiger partial charge in [-0.25, -0.2) is 0 Å². The van der Waals surface area contributed by atoms with Crippen molar-refractivity contribution < 1.29 is 9.69 Å². The second-order valence-electron chi connectivity index (χ2n) is 6.65. The highest BCUT2D eigenvalue weighted by atomic mass is 35.5. The van der Waals surface area contributed by atoms with Crippen LogP contribution < -0.4 is 15.1 Å². The molecule has 25 heavy (non-hydrogen) atoms. The molecule has 3 rings (SSSR count). The van der Waals surface area contributed by atoms with Crippen molar-refractivity contribution in [3.8, 4) is 0 Å². The summed E-state index contributed by atoms with van der Waals surface area (Å²) in [5, 5.41) is 3.66. The molecule has 1 heterocycles. The van der Waals surface area contributed by atoms with Gasteiger partial charge >= 0.3 is 0 Å². The summed E-state index contributed by atoms with van der Waals surface area (Å²) in [7, 11) is 0. The molecule has 1 saturated heterocycles. The van der Waals surface area contributed by atoms with Gasteiger partial charge in [-0.3, -0.25) is 4.79 Å². The number of aryl methyl sites for hydroxylation is 1. The average molecular weight is 359 g/mol. The highest BCUT2D eigenvalue weighted by molar-refractivity contribution is 6.30. The van der Waals surface area contributed by atoms with Gasteiger partial charge in [0.1, 0.15) is 0 Å². The lowest BCUT2D eigenvalue weighted by molar-refractivity contribution is -0.914. The van der Waals surface area contributed by atoms with E-state index in [2.05, 4.69) is 41.4 Å². The molecule has 0 spiro atoms. The van der Waals surface area contributed by atoms with Crippen LogP contribution in [0.4, 0.5) is 11.4 Å². The van der Waals surface area contributed by atoms with Crippen LogP contribution in [0.5, 0.6) is 0 Å². The molecule has 4 nitrogen and oxygen atoms in total. The first-order chi connectivity index (χ1) is 12.0. The van der Waals surface area contributed by atoms with Gasteiger partial charge in [0.2, 0.25) is 0 Å². The Kier molecular flexibility index (Phi) is 5.61. The van der Waals surface area contributed by atoms with Crippen molar-refractivity contribution in [1.82, 2.24) is 0 Å². The number of carbonyl (C=O) groups excluding carboxylic acids is 1. The van der Waals surface area contributed by atoms with Crippen molar-refractivity contribution in [1.29, 1.82) is 0 Å². The monoisotopic (exact) mass is 358 g/mol. The number of nitrogens with zero attached hydrogens (tertiary/aromatic N) is 1. The molecule has 2 N–H and O–H groups in total. The zero-order valence-corrected chi connectivity index (χ0v) is 15.5. The molecular formula is C20H25ClN3O+. The van der Waals surface area contributed by atoms with Gasteiger partial charge < -0.3 is 15.1 Å². The predicted octanol–water partition coefficient (Wildman–Crippen LogP) is 2.38. The number of benzene rings is 2. The van der Waals surface area contributed by atoms with Crippen LogP contribution in [-0.4, -0.2) is 38.1 Å². The zero-order valence-electron chi connectivity index (χ0n) is 14.8. The van der Waals surface area contributed by atoms with E-state index in [1.807, 2.05) is 19.1 Å². The van der Waals surface area contributed by atoms with Crippen molar-refractivity contribution in [2.75, 3.05) is 36.4 Å². The smallest absolute Gasteiger partial charge is 0.282 e. The van der Waals surface area contributed by atoms with E-state index >= 15 is 0 Å². The SMILES string of the molecule is Cc1ccccc1N1CC[NH+]([C@H](C)C(=O)Nc2ccc(Cl)cc2)CC1. The molecule has 0 aromatic heterocycles. The topological polar surface area (TPSA) is 36.8 Å². The third-order valence-electron chi connectivity index (χ3n) is 4.98. The number of hydrogen-bond acceptors (Lipinski definition) is 2. The van der Waals surface area contributed by atoms with Gasteiger partial charge in [-0.2, -0.15) is 0 Å². The van der Waals surface area contributed by atoms with E-state index in [9.17, 15) is 4.79 Å². The zero-order chi connectivity index (χ0) is 17.8. The summed E-state index contributed by atoms with van der Waals surface area (Å²) in [5.74, 6) is 0.0571. The van der Waals surface area contributed by atoms with Crippen molar-refractivity contribution >= 4 is 28.9 Å². The summed E-state index contributed by atoms with van der Waals surface area (Å²) in [4.78, 5) is 16.3. The maximum Gasteiger partial charge on any atom is 0.282 e. The second kappa shape index (κ2) is 7.89. The maximum absolute atomic E-state index is 12.5. The summed E-state index contributed by atoms with van der Waals surface area (Å²) in [5.41, 5.74) is 3.40. The van der Waals surface area contributed by atoms with Crippen LogP contribution in [0.2, 0.25) is 5.02 Å². The Morgan fingerprint density at radius 1 is 1.12 bits per heavy atom. The number of nitrogens with one attached hydrogen (secondary N) is 2. The predicted molar refractivity (Wildman–Crippen MR) is 104 cm³/mol. The standard InChI is InChI=1S/C20H24ClN3O/c1-15-5-3-4-6-19(15)24-13-11-23(12-14-24)16(2)20(25)22-18-9-7-17(21)8-10-18/h3-10,16H,11-14H2,1-2H3,(H,22,25)/p+1/t16-/m1/s1. The third kappa shape index (κ3) is 4.33. The summed E-state index contributed by atoms with van der Waals surface area (Å²) >= 11 is 5.89. The van der Waals surface area contributed by atoms with Crippen LogP contribution in [0.15, 0.2) is 48.5 Å². The molecule has 1 aliphatic heterocycles. The van der Waals surface area contributed by atoms with Gasteiger partial charge in [0, 0.05) is 16.4 Å². The summed E-state index contributed by atoms with van der Waals surface area (Å²) in [6.07, 6.45) is 0. The van der Waals surface area contributed by atoms with Gasteiger partial charge in [-0.15, -0.1) is 0 Å². The number of hydrogen-bond donors (Lipinski definition) is 2. The molecular weight excluding hydrogens is 334 g/mol. The molecule has 0 aliphatic carbocycles. The van der Waals surface area contributed by atoms with Crippen LogP contribution in [0.25, 0.3) is 0 Å². The van der Waals surface area contributed by atoms with Crippen molar-refractivity contribution in [2.45, 2.75) is 19.9 Å². The number of piperazine rings is 1. The minimum Gasteiger partial charge on any atom is -0.360 e. The Bertz CT molecular complexity index is 724. The van der Waals surface area contributed by atoms with Crippen molar-refractivity contribution in [3.63, 3.8) is 0 Å². The minimum atomic E-state index is -0.0744. The van der Waals surface area contributed by atoms with Gasteiger partial charge in [-0.05, 0) is 49.7 Å². The van der Waals surface area contributed by atoms with Crippen molar-refractivity contribution in [2.24, 2.45) is 0 Å². The minimum absolute atomic E-state index is 0.0571. The lowest BCUT2D eigenvalue weighted by Gasteiger charge is -2.36. The van der Waals surface area contributed by atoms with Crippen LogP contribution in [-0.2, 0) is 4.79 Å². The molecule has 2 aromatic rings. The molecule has 0 saturated carbocycles. The van der Waals surface area contributed by atoms with E-state index in [0.29, 0.717) is 5.02 Å². The van der Waals surface area contributed by atoms with Gasteiger partial charge in [0.05, 0.1) is 26.2 Å². The lowest BCUT2D eigenvalue weighted by atomic mass is 10.1. The van der Waals surface area contributed by atoms with E-state index in [1.165, 1.54) is 16.2 Å². The Morgan fingerprint density at radius 3 is 2.40 bits per heavy atom. The van der Waals surface area contributed by atoms with Crippen LogP contribution in [0.1, 0.15) is 12.5 Å². The normalized spacial score (nSPS) is 16.5. The van der Waals surface area contributed by atoms with Gasteiger partial charge in [-0.1, -0.05) is 29.8 Å². The van der Waals surface area contributed by atoms with E-state index in [0.717, 1.165) is 31.9 Å². The van der Waals surface area contributed by atoms with E-state index in [-0.39, 0.29) is 11.9 Å². The fourth-order valence-corrected chi connectivity index (χ4v) is 3.48. The number of quaternary nitrogens is 1. The van der Waals surface area contributed by atoms with E-state index in [1.54, 1.807) is 12.1 Å². The molecule has 0 bridgehead atoms. The molecule has 1 atom stereocenters. The number of amides is 1. The first-order valence-corrected chi connectivity index (χ1v) is 9.14. The summed E-state index contributed by atoms with van der Waals surface area (Å²) in [6.45, 7) is 8.02. The number of rotatable bonds is 4. The molecule has 1 aliphatic rings. The number of halogens is 1. The largest absolute Gasteiger partial charge is 0.360 e. The van der Waals surface area contributed by atoms with Gasteiger partial charge in [0.25, 0.3) is 5.91 Å². The molecule has 5 heteroatoms. The Labute approximate surface area is 154 Å². The Balaban J connectivity index is 1.56. The molecule has 0 radical (unpaired) electrons. The lowest BCUT2D eigenvalue weighted by Crippen LogP contribution is -3.19. The fraction of sp³-hybridized carbons (Fsp3) is 0.350. The highest BCUT2D eigenvalue weighted by Gasteiger charge is 2.29. The first kappa shape index (κ1) is 17.8. The second-order valence-corrected chi connectivity index (χ2v) is 7.09. The summed E-state index contributed by atoms with van der Waals surface area (Å²) < 4.78 is 0. The van der Waals surface area contributed by atoms with Crippen LogP contribution in [0, 0.1) is 6.92 Å². The quantitative estimate of drug-likeness (QED) is 0.880. The molecule has 1 amide bonds. The Morgan fingerprint density at radius 2 is 1.76 bits per heavy atom. The molecule has 132 valence electrons. The van der Waals surface area contributed by atoms with Crippen molar-refractivity contribution in [3.05, 3.63) is 59.1 Å². The molecule has 2 aromatic carbocycles. The first-order valence-electron chi connectivity index (χ1n) is 8.76. The van der Waals surface area contributed by atoms with Gasteiger partial charge in [0.15, 0.2) is 6.04 Å². The number of carbonyl (C=O) groups is 1. The maximum atomic E-state index is 12.5. The van der Waals surface area contributed by atoms with E-state index < -0.39 is 0 Å². The van der Waals surface area contributed by atoms with Crippen LogP contribution >= 0.6 is 11.6 Å². The molecule has 1 fully saturated rings. The fourth-order valence-electron chi connectivity index (χ4n) is 3.36. The highest BCUT2D eigenvalue weighted by Crippen LogP contribution is 2.19. The summed E-state index contributed by atoms with van der Waals surface area (Å²) in [6, 6.07) is 15.7. The number of para-hydroxylation sites is 1. The third-order valence-corrected chi connectivity index (χ3v) is 5.23.